The summed E-state index contributed by atoms with van der Waals surface area (Å²) in [6.45, 7) is 3.85. The maximum absolute atomic E-state index is 12.1. The molecule has 1 atom stereocenters. The zero-order valence-electron chi connectivity index (χ0n) is 10.9. The first-order valence-corrected chi connectivity index (χ1v) is 6.28. The van der Waals surface area contributed by atoms with Crippen LogP contribution in [0.25, 0.3) is 0 Å². The Labute approximate surface area is 107 Å². The molecule has 1 aromatic rings. The van der Waals surface area contributed by atoms with Crippen LogP contribution in [0.1, 0.15) is 28.9 Å². The fourth-order valence-electron chi connectivity index (χ4n) is 2.38. The topological polar surface area (TPSA) is 71.2 Å². The number of anilines is 1. The molecule has 2 heterocycles. The summed E-state index contributed by atoms with van der Waals surface area (Å²) in [6.07, 6.45) is 2.16. The Morgan fingerprint density at radius 3 is 3.00 bits per heavy atom. The van der Waals surface area contributed by atoms with Gasteiger partial charge in [0.1, 0.15) is 5.82 Å². The second-order valence-electron chi connectivity index (χ2n) is 5.00. The maximum atomic E-state index is 12.1. The number of aromatic nitrogens is 1. The van der Waals surface area contributed by atoms with E-state index in [0.717, 1.165) is 31.6 Å². The Bertz CT molecular complexity index is 426. The van der Waals surface area contributed by atoms with E-state index >= 15 is 0 Å². The number of nitrogens with one attached hydrogen (secondary N) is 1. The van der Waals surface area contributed by atoms with Gasteiger partial charge in [0.15, 0.2) is 0 Å². The SMILES string of the molecule is Cc1cc(C(=O)NC2CCCN(C)C2)cc(N)n1. The molecule has 3 N–H and O–H groups in total. The van der Waals surface area contributed by atoms with E-state index in [0.29, 0.717) is 11.4 Å². The number of hydrogen-bond donors (Lipinski definition) is 2. The molecule has 5 nitrogen and oxygen atoms in total. The summed E-state index contributed by atoms with van der Waals surface area (Å²) in [4.78, 5) is 18.4. The minimum Gasteiger partial charge on any atom is -0.384 e. The van der Waals surface area contributed by atoms with E-state index in [4.69, 9.17) is 5.73 Å². The van der Waals surface area contributed by atoms with Crippen molar-refractivity contribution in [3.8, 4) is 0 Å². The highest BCUT2D eigenvalue weighted by atomic mass is 16.1. The van der Waals surface area contributed by atoms with E-state index in [2.05, 4.69) is 22.2 Å². The van der Waals surface area contributed by atoms with Crippen molar-refractivity contribution >= 4 is 11.7 Å². The smallest absolute Gasteiger partial charge is 0.251 e. The first kappa shape index (κ1) is 12.8. The molecular weight excluding hydrogens is 228 g/mol. The van der Waals surface area contributed by atoms with Crippen molar-refractivity contribution in [1.82, 2.24) is 15.2 Å². The molecule has 5 heteroatoms. The average molecular weight is 248 g/mol. The van der Waals surface area contributed by atoms with Crippen LogP contribution in [0.4, 0.5) is 5.82 Å². The molecule has 1 saturated heterocycles. The van der Waals surface area contributed by atoms with Crippen LogP contribution >= 0.6 is 0 Å². The van der Waals surface area contributed by atoms with Gasteiger partial charge in [-0.25, -0.2) is 4.98 Å². The monoisotopic (exact) mass is 248 g/mol. The number of nitrogen functional groups attached to an aromatic ring is 1. The van der Waals surface area contributed by atoms with Crippen molar-refractivity contribution in [3.63, 3.8) is 0 Å². The lowest BCUT2D eigenvalue weighted by atomic mass is 10.1. The summed E-state index contributed by atoms with van der Waals surface area (Å²) in [7, 11) is 2.08. The quantitative estimate of drug-likeness (QED) is 0.812. The van der Waals surface area contributed by atoms with Gasteiger partial charge < -0.3 is 16.0 Å². The molecule has 0 saturated carbocycles. The number of rotatable bonds is 2. The van der Waals surface area contributed by atoms with E-state index in [-0.39, 0.29) is 11.9 Å². The zero-order chi connectivity index (χ0) is 13.1. The minimum atomic E-state index is -0.0625. The second-order valence-corrected chi connectivity index (χ2v) is 5.00. The average Bonchev–Trinajstić information content (AvgIpc) is 2.27. The van der Waals surface area contributed by atoms with Crippen LogP contribution in [-0.4, -0.2) is 42.0 Å². The van der Waals surface area contributed by atoms with Crippen LogP contribution in [0.15, 0.2) is 12.1 Å². The van der Waals surface area contributed by atoms with Gasteiger partial charge in [0.05, 0.1) is 0 Å². The largest absolute Gasteiger partial charge is 0.384 e. The first-order valence-electron chi connectivity index (χ1n) is 6.28. The van der Waals surface area contributed by atoms with Crippen molar-refractivity contribution in [2.24, 2.45) is 0 Å². The van der Waals surface area contributed by atoms with Gasteiger partial charge in [-0.1, -0.05) is 0 Å². The number of likely N-dealkylation sites (N-methyl/N-ethyl adjacent to an activating group) is 1. The van der Waals surface area contributed by atoms with Crippen molar-refractivity contribution in [3.05, 3.63) is 23.4 Å². The molecule has 0 aromatic carbocycles. The van der Waals surface area contributed by atoms with Crippen LogP contribution in [0.2, 0.25) is 0 Å². The number of aryl methyl sites for hydroxylation is 1. The van der Waals surface area contributed by atoms with E-state index in [1.807, 2.05) is 6.92 Å². The number of amides is 1. The van der Waals surface area contributed by atoms with E-state index < -0.39 is 0 Å². The van der Waals surface area contributed by atoms with Crippen molar-refractivity contribution in [2.75, 3.05) is 25.9 Å². The van der Waals surface area contributed by atoms with E-state index in [9.17, 15) is 4.79 Å². The van der Waals surface area contributed by atoms with E-state index in [1.165, 1.54) is 0 Å². The van der Waals surface area contributed by atoms with Gasteiger partial charge in [0, 0.05) is 23.8 Å². The van der Waals surface area contributed by atoms with Gasteiger partial charge >= 0.3 is 0 Å². The van der Waals surface area contributed by atoms with Crippen molar-refractivity contribution in [2.45, 2.75) is 25.8 Å². The number of pyridine rings is 1. The highest BCUT2D eigenvalue weighted by Crippen LogP contribution is 2.11. The Hall–Kier alpha value is -1.62. The van der Waals surface area contributed by atoms with Gasteiger partial charge in [0.25, 0.3) is 5.91 Å². The lowest BCUT2D eigenvalue weighted by molar-refractivity contribution is 0.0912. The molecule has 1 unspecified atom stereocenters. The summed E-state index contributed by atoms with van der Waals surface area (Å²) < 4.78 is 0. The minimum absolute atomic E-state index is 0.0625. The molecule has 1 aliphatic rings. The van der Waals surface area contributed by atoms with Crippen LogP contribution in [0, 0.1) is 6.92 Å². The lowest BCUT2D eigenvalue weighted by Gasteiger charge is -2.30. The van der Waals surface area contributed by atoms with E-state index in [1.54, 1.807) is 12.1 Å². The molecule has 18 heavy (non-hydrogen) atoms. The number of carbonyl (C=O) groups excluding carboxylic acids is 1. The van der Waals surface area contributed by atoms with Gasteiger partial charge in [0.2, 0.25) is 0 Å². The molecule has 98 valence electrons. The highest BCUT2D eigenvalue weighted by Gasteiger charge is 2.19. The molecule has 0 bridgehead atoms. The van der Waals surface area contributed by atoms with Crippen LogP contribution in [0.5, 0.6) is 0 Å². The molecule has 0 spiro atoms. The molecule has 1 aromatic heterocycles. The number of piperidine rings is 1. The summed E-state index contributed by atoms with van der Waals surface area (Å²) in [5, 5.41) is 3.06. The Morgan fingerprint density at radius 2 is 2.33 bits per heavy atom. The summed E-state index contributed by atoms with van der Waals surface area (Å²) in [5.41, 5.74) is 7.01. The standard InChI is InChI=1S/C13H20N4O/c1-9-6-10(7-12(14)15-9)13(18)16-11-4-3-5-17(2)8-11/h6-7,11H,3-5,8H2,1-2H3,(H2,14,15)(H,16,18). The summed E-state index contributed by atoms with van der Waals surface area (Å²) >= 11 is 0. The maximum Gasteiger partial charge on any atom is 0.251 e. The third-order valence-electron chi connectivity index (χ3n) is 3.20. The summed E-state index contributed by atoms with van der Waals surface area (Å²) in [5.74, 6) is 0.327. The third-order valence-corrected chi connectivity index (χ3v) is 3.20. The number of likely N-dealkylation sites (tertiary alicyclic amines) is 1. The first-order chi connectivity index (χ1) is 8.54. The molecule has 1 aliphatic heterocycles. The van der Waals surface area contributed by atoms with Gasteiger partial charge in [-0.2, -0.15) is 0 Å². The molecule has 1 fully saturated rings. The predicted octanol–water partition coefficient (Wildman–Crippen LogP) is 0.796. The van der Waals surface area contributed by atoms with Gasteiger partial charge in [-0.05, 0) is 45.5 Å². The number of carbonyl (C=O) groups is 1. The van der Waals surface area contributed by atoms with Crippen LogP contribution in [0.3, 0.4) is 0 Å². The fraction of sp³-hybridized carbons (Fsp3) is 0.538. The van der Waals surface area contributed by atoms with Crippen molar-refractivity contribution < 1.29 is 4.79 Å². The van der Waals surface area contributed by atoms with Crippen LogP contribution < -0.4 is 11.1 Å². The van der Waals surface area contributed by atoms with Gasteiger partial charge in [-0.3, -0.25) is 4.79 Å². The molecule has 0 aliphatic carbocycles. The molecule has 0 radical (unpaired) electrons. The Balaban J connectivity index is 2.02. The fourth-order valence-corrected chi connectivity index (χ4v) is 2.38. The third kappa shape index (κ3) is 3.20. The zero-order valence-corrected chi connectivity index (χ0v) is 10.9. The normalized spacial score (nSPS) is 20.7. The Kier molecular flexibility index (Phi) is 3.81. The molecular formula is C13H20N4O. The number of hydrogen-bond acceptors (Lipinski definition) is 4. The molecule has 1 amide bonds. The predicted molar refractivity (Wildman–Crippen MR) is 71.4 cm³/mol. The van der Waals surface area contributed by atoms with Crippen LogP contribution in [-0.2, 0) is 0 Å². The summed E-state index contributed by atoms with van der Waals surface area (Å²) in [6, 6.07) is 3.61. The number of nitrogens with zero attached hydrogens (tertiary/aromatic N) is 2. The second kappa shape index (κ2) is 5.35. The Morgan fingerprint density at radius 1 is 1.56 bits per heavy atom. The lowest BCUT2D eigenvalue weighted by Crippen LogP contribution is -2.46. The number of nitrogens with two attached hydrogens (primary N) is 1. The van der Waals surface area contributed by atoms with Gasteiger partial charge in [-0.15, -0.1) is 0 Å². The highest BCUT2D eigenvalue weighted by molar-refractivity contribution is 5.95. The molecule has 2 rings (SSSR count). The van der Waals surface area contributed by atoms with Crippen molar-refractivity contribution in [1.29, 1.82) is 0 Å².